The van der Waals surface area contributed by atoms with Crippen LogP contribution in [0.5, 0.6) is 0 Å². The van der Waals surface area contributed by atoms with Gasteiger partial charge in [0.1, 0.15) is 0 Å². The lowest BCUT2D eigenvalue weighted by molar-refractivity contribution is 0.0526. The summed E-state index contributed by atoms with van der Waals surface area (Å²) in [6.07, 6.45) is 0. The summed E-state index contributed by atoms with van der Waals surface area (Å²) in [5, 5.41) is 8.96. The summed E-state index contributed by atoms with van der Waals surface area (Å²) in [5.74, 6) is -0.400. The molecule has 6 nitrogen and oxygen atoms in total. The fourth-order valence-electron chi connectivity index (χ4n) is 3.54. The van der Waals surface area contributed by atoms with Crippen molar-refractivity contribution in [3.8, 4) is 0 Å². The highest BCUT2D eigenvalue weighted by Gasteiger charge is 2.32. The van der Waals surface area contributed by atoms with Crippen LogP contribution in [-0.4, -0.2) is 35.9 Å². The number of nitrogens with one attached hydrogen (secondary N) is 1. The van der Waals surface area contributed by atoms with Crippen molar-refractivity contribution in [3.05, 3.63) is 102 Å². The van der Waals surface area contributed by atoms with Gasteiger partial charge in [-0.2, -0.15) is 5.10 Å². The van der Waals surface area contributed by atoms with Gasteiger partial charge in [0, 0.05) is 11.6 Å². The first-order valence-electron chi connectivity index (χ1n) is 10.2. The van der Waals surface area contributed by atoms with Crippen molar-refractivity contribution in [2.45, 2.75) is 12.8 Å². The lowest BCUT2D eigenvalue weighted by Crippen LogP contribution is -2.30. The molecule has 0 saturated carbocycles. The molecule has 4 rings (SSSR count). The van der Waals surface area contributed by atoms with Gasteiger partial charge in [0.05, 0.1) is 24.4 Å². The quantitative estimate of drug-likeness (QED) is 0.605. The van der Waals surface area contributed by atoms with Crippen LogP contribution in [0.2, 0.25) is 0 Å². The summed E-state index contributed by atoms with van der Waals surface area (Å²) in [4.78, 5) is 24.7. The molecule has 1 aliphatic rings. The van der Waals surface area contributed by atoms with Gasteiger partial charge < -0.3 is 10.1 Å². The van der Waals surface area contributed by atoms with Crippen molar-refractivity contribution in [2.24, 2.45) is 5.10 Å². The molecule has 1 aliphatic heterocycles. The average Bonchev–Trinajstić information content (AvgIpc) is 3.27. The Labute approximate surface area is 181 Å². The molecule has 0 aliphatic carbocycles. The highest BCUT2D eigenvalue weighted by Crippen LogP contribution is 2.29. The molecule has 1 N–H and O–H groups in total. The molecule has 0 fully saturated rings. The van der Waals surface area contributed by atoms with Crippen molar-refractivity contribution in [1.29, 1.82) is 0 Å². The molecule has 3 aromatic carbocycles. The number of nitrogens with zero attached hydrogens (tertiary/aromatic N) is 2. The fourth-order valence-corrected chi connectivity index (χ4v) is 3.54. The number of urea groups is 1. The van der Waals surface area contributed by atoms with Crippen molar-refractivity contribution in [2.75, 3.05) is 18.5 Å². The molecule has 1 heterocycles. The molecule has 156 valence electrons. The Kier molecular flexibility index (Phi) is 6.08. The largest absolute Gasteiger partial charge is 0.462 e. The molecule has 1 unspecified atom stereocenters. The molecule has 6 heteroatoms. The van der Waals surface area contributed by atoms with E-state index in [9.17, 15) is 9.59 Å². The zero-order chi connectivity index (χ0) is 21.6. The van der Waals surface area contributed by atoms with Crippen LogP contribution >= 0.6 is 0 Å². The molecule has 0 bridgehead atoms. The summed E-state index contributed by atoms with van der Waals surface area (Å²) < 4.78 is 4.99. The number of hydrazone groups is 1. The summed E-state index contributed by atoms with van der Waals surface area (Å²) in [5.41, 5.74) is 3.98. The van der Waals surface area contributed by atoms with E-state index in [0.29, 0.717) is 24.4 Å². The molecule has 0 radical (unpaired) electrons. The standard InChI is InChI=1S/C25H23N3O3/c1-2-31-24(29)20-13-15-21(16-14-20)26-25(30)28-17-22(18-9-5-3-6-10-18)23(27-28)19-11-7-4-8-12-19/h3-16,22H,2,17H2,1H3,(H,26,30). The molecular weight excluding hydrogens is 390 g/mol. The molecule has 1 atom stereocenters. The normalized spacial score (nSPS) is 15.3. The van der Waals surface area contributed by atoms with Crippen molar-refractivity contribution < 1.29 is 14.3 Å². The zero-order valence-electron chi connectivity index (χ0n) is 17.2. The molecule has 3 aromatic rings. The Morgan fingerprint density at radius 2 is 1.61 bits per heavy atom. The van der Waals surface area contributed by atoms with Crippen LogP contribution in [0.4, 0.5) is 10.5 Å². The maximum absolute atomic E-state index is 12.9. The summed E-state index contributed by atoms with van der Waals surface area (Å²) in [6.45, 7) is 2.52. The third-order valence-electron chi connectivity index (χ3n) is 5.07. The average molecular weight is 413 g/mol. The van der Waals surface area contributed by atoms with Crippen LogP contribution in [0.25, 0.3) is 0 Å². The number of hydrogen-bond donors (Lipinski definition) is 1. The monoisotopic (exact) mass is 413 g/mol. The van der Waals surface area contributed by atoms with E-state index in [-0.39, 0.29) is 17.9 Å². The highest BCUT2D eigenvalue weighted by molar-refractivity contribution is 6.07. The number of amides is 2. The Bertz CT molecular complexity index is 1080. The van der Waals surface area contributed by atoms with Gasteiger partial charge in [0.25, 0.3) is 0 Å². The van der Waals surface area contributed by atoms with E-state index in [1.807, 2.05) is 48.5 Å². The lowest BCUT2D eigenvalue weighted by atomic mass is 9.91. The van der Waals surface area contributed by atoms with Gasteiger partial charge in [0.15, 0.2) is 0 Å². The summed E-state index contributed by atoms with van der Waals surface area (Å²) in [7, 11) is 0. The van der Waals surface area contributed by atoms with Crippen LogP contribution in [0.3, 0.4) is 0 Å². The SMILES string of the molecule is CCOC(=O)c1ccc(NC(=O)N2CC(c3ccccc3)C(c3ccccc3)=N2)cc1. The van der Waals surface area contributed by atoms with Crippen molar-refractivity contribution in [3.63, 3.8) is 0 Å². The van der Waals surface area contributed by atoms with Gasteiger partial charge in [-0.1, -0.05) is 60.7 Å². The van der Waals surface area contributed by atoms with Gasteiger partial charge in [-0.15, -0.1) is 0 Å². The van der Waals surface area contributed by atoms with E-state index < -0.39 is 0 Å². The first-order chi connectivity index (χ1) is 15.2. The topological polar surface area (TPSA) is 71.0 Å². The first-order valence-corrected chi connectivity index (χ1v) is 10.2. The van der Waals surface area contributed by atoms with E-state index in [0.717, 1.165) is 16.8 Å². The second-order valence-electron chi connectivity index (χ2n) is 7.12. The number of rotatable bonds is 5. The van der Waals surface area contributed by atoms with Crippen LogP contribution < -0.4 is 5.32 Å². The second-order valence-corrected chi connectivity index (χ2v) is 7.12. The van der Waals surface area contributed by atoms with Crippen LogP contribution in [0.1, 0.15) is 34.3 Å². The second kappa shape index (κ2) is 9.26. The summed E-state index contributed by atoms with van der Waals surface area (Å²) in [6, 6.07) is 26.3. The fraction of sp³-hybridized carbons (Fsp3) is 0.160. The smallest absolute Gasteiger partial charge is 0.342 e. The molecule has 0 saturated heterocycles. The van der Waals surface area contributed by atoms with Crippen molar-refractivity contribution >= 4 is 23.4 Å². The number of carbonyl (C=O) groups is 2. The van der Waals surface area contributed by atoms with Crippen molar-refractivity contribution in [1.82, 2.24) is 5.01 Å². The maximum atomic E-state index is 12.9. The lowest BCUT2D eigenvalue weighted by Gasteiger charge is -2.16. The molecule has 0 aromatic heterocycles. The number of anilines is 1. The number of carbonyl (C=O) groups excluding carboxylic acids is 2. The van der Waals surface area contributed by atoms with E-state index in [4.69, 9.17) is 4.74 Å². The van der Waals surface area contributed by atoms with E-state index in [2.05, 4.69) is 22.6 Å². The molecular formula is C25H23N3O3. The van der Waals surface area contributed by atoms with Gasteiger partial charge in [-0.25, -0.2) is 14.6 Å². The highest BCUT2D eigenvalue weighted by atomic mass is 16.5. The minimum atomic E-state index is -0.386. The van der Waals surface area contributed by atoms with Gasteiger partial charge >= 0.3 is 12.0 Å². The predicted octanol–water partition coefficient (Wildman–Crippen LogP) is 4.90. The molecule has 0 spiro atoms. The Morgan fingerprint density at radius 3 is 2.26 bits per heavy atom. The van der Waals surface area contributed by atoms with E-state index in [1.165, 1.54) is 5.01 Å². The number of esters is 1. The number of hydrogen-bond acceptors (Lipinski definition) is 4. The number of ether oxygens (including phenoxy) is 1. The van der Waals surface area contributed by atoms with Crippen LogP contribution in [0, 0.1) is 0 Å². The van der Waals surface area contributed by atoms with E-state index in [1.54, 1.807) is 31.2 Å². The Balaban J connectivity index is 1.53. The minimum Gasteiger partial charge on any atom is -0.462 e. The Hall–Kier alpha value is -3.93. The first kappa shape index (κ1) is 20.3. The third-order valence-corrected chi connectivity index (χ3v) is 5.07. The summed E-state index contributed by atoms with van der Waals surface area (Å²) >= 11 is 0. The van der Waals surface area contributed by atoms with Crippen LogP contribution in [-0.2, 0) is 4.74 Å². The molecule has 31 heavy (non-hydrogen) atoms. The minimum absolute atomic E-state index is 0.0134. The number of benzene rings is 3. The maximum Gasteiger partial charge on any atom is 0.342 e. The van der Waals surface area contributed by atoms with Gasteiger partial charge in [-0.05, 0) is 42.3 Å². The zero-order valence-corrected chi connectivity index (χ0v) is 17.2. The predicted molar refractivity (Wildman–Crippen MR) is 120 cm³/mol. The van der Waals surface area contributed by atoms with Gasteiger partial charge in [-0.3, -0.25) is 0 Å². The molecule has 2 amide bonds. The van der Waals surface area contributed by atoms with Gasteiger partial charge in [0.2, 0.25) is 0 Å². The Morgan fingerprint density at radius 1 is 0.968 bits per heavy atom. The third kappa shape index (κ3) is 4.64. The van der Waals surface area contributed by atoms with Crippen LogP contribution in [0.15, 0.2) is 90.0 Å². The van der Waals surface area contributed by atoms with E-state index >= 15 is 0 Å².